The second-order valence-corrected chi connectivity index (χ2v) is 9.48. The van der Waals surface area contributed by atoms with Crippen LogP contribution in [0.1, 0.15) is 31.0 Å². The fraction of sp³-hybridized carbons (Fsp3) is 0.400. The monoisotopic (exact) mass is 511 g/mol. The zero-order valence-corrected chi connectivity index (χ0v) is 20.5. The highest BCUT2D eigenvalue weighted by atomic mass is 19.4. The summed E-state index contributed by atoms with van der Waals surface area (Å²) in [7, 11) is 11.9. The summed E-state index contributed by atoms with van der Waals surface area (Å²) in [6, 6.07) is 12.1. The van der Waals surface area contributed by atoms with Gasteiger partial charge in [-0.15, -0.1) is 0 Å². The third-order valence-corrected chi connectivity index (χ3v) is 6.73. The Hall–Kier alpha value is -3.43. The largest absolute Gasteiger partial charge is 0.481 e. The van der Waals surface area contributed by atoms with Crippen molar-refractivity contribution in [3.05, 3.63) is 65.7 Å². The molecule has 1 atom stereocenters. The molecule has 0 bridgehead atoms. The lowest BCUT2D eigenvalue weighted by atomic mass is 9.42. The van der Waals surface area contributed by atoms with Gasteiger partial charge < -0.3 is 20.2 Å². The lowest BCUT2D eigenvalue weighted by Crippen LogP contribution is -2.55. The number of anilines is 1. The number of carbonyl (C=O) groups excluding carboxylic acids is 2. The summed E-state index contributed by atoms with van der Waals surface area (Å²) in [5.41, 5.74) is -1.78. The van der Waals surface area contributed by atoms with Gasteiger partial charge in [-0.1, -0.05) is 36.4 Å². The molecule has 7 nitrogen and oxygen atoms in total. The molecule has 192 valence electrons. The Kier molecular flexibility index (Phi) is 8.00. The number of alkyl halides is 3. The van der Waals surface area contributed by atoms with Crippen LogP contribution in [0.4, 0.5) is 18.9 Å². The van der Waals surface area contributed by atoms with E-state index in [2.05, 4.69) is 5.32 Å². The van der Waals surface area contributed by atoms with E-state index < -0.39 is 46.2 Å². The van der Waals surface area contributed by atoms with Crippen LogP contribution in [-0.2, 0) is 20.6 Å². The number of amides is 2. The van der Waals surface area contributed by atoms with E-state index in [4.69, 9.17) is 15.7 Å². The smallest absolute Gasteiger partial charge is 0.416 e. The van der Waals surface area contributed by atoms with Gasteiger partial charge in [0, 0.05) is 31.9 Å². The maximum Gasteiger partial charge on any atom is 0.416 e. The van der Waals surface area contributed by atoms with Crippen LogP contribution in [0.25, 0.3) is 0 Å². The predicted octanol–water partition coefficient (Wildman–Crippen LogP) is 2.78. The molecule has 1 aliphatic heterocycles. The Morgan fingerprint density at radius 1 is 0.946 bits per heavy atom. The molecule has 4 radical (unpaired) electrons. The van der Waals surface area contributed by atoms with Crippen LogP contribution in [0.15, 0.2) is 54.6 Å². The lowest BCUT2D eigenvalue weighted by Gasteiger charge is -2.40. The molecule has 0 aromatic heterocycles. The molecule has 0 aliphatic carbocycles. The number of rotatable bonds is 7. The Morgan fingerprint density at radius 2 is 1.54 bits per heavy atom. The Labute approximate surface area is 215 Å². The van der Waals surface area contributed by atoms with Crippen molar-refractivity contribution in [1.29, 1.82) is 0 Å². The number of nitrogens with one attached hydrogen (secondary N) is 1. The van der Waals surface area contributed by atoms with Gasteiger partial charge >= 0.3 is 12.1 Å². The number of piperazine rings is 1. The first-order valence-corrected chi connectivity index (χ1v) is 11.5. The minimum atomic E-state index is -4.47. The summed E-state index contributed by atoms with van der Waals surface area (Å²) >= 11 is 0. The molecule has 2 aromatic rings. The van der Waals surface area contributed by atoms with Gasteiger partial charge in [0.1, 0.15) is 6.04 Å². The van der Waals surface area contributed by atoms with Crippen molar-refractivity contribution in [3.8, 4) is 0 Å². The summed E-state index contributed by atoms with van der Waals surface area (Å²) in [5, 5.41) is 9.67. The molecule has 2 amide bonds. The second-order valence-electron chi connectivity index (χ2n) is 9.48. The number of carboxylic acid groups (broad SMARTS) is 1. The first-order chi connectivity index (χ1) is 17.2. The molecular formula is C25H26B2F3N3O4. The first-order valence-electron chi connectivity index (χ1n) is 11.5. The van der Waals surface area contributed by atoms with Gasteiger partial charge in [0.15, 0.2) is 0 Å². The molecule has 1 unspecified atom stereocenters. The Morgan fingerprint density at radius 3 is 2.08 bits per heavy atom. The van der Waals surface area contributed by atoms with Crippen molar-refractivity contribution in [1.82, 2.24) is 10.2 Å². The van der Waals surface area contributed by atoms with Crippen molar-refractivity contribution >= 4 is 39.2 Å². The number of carboxylic acids is 1. The highest BCUT2D eigenvalue weighted by Gasteiger charge is 2.48. The van der Waals surface area contributed by atoms with Gasteiger partial charge in [0.25, 0.3) is 0 Å². The summed E-state index contributed by atoms with van der Waals surface area (Å²) in [6.45, 7) is 3.33. The van der Waals surface area contributed by atoms with Gasteiger partial charge in [-0.05, 0) is 42.8 Å². The topological polar surface area (TPSA) is 90.0 Å². The predicted molar refractivity (Wildman–Crippen MR) is 133 cm³/mol. The third-order valence-electron chi connectivity index (χ3n) is 6.73. The fourth-order valence-corrected chi connectivity index (χ4v) is 3.89. The summed E-state index contributed by atoms with van der Waals surface area (Å²) in [5.74, 6) is -2.89. The van der Waals surface area contributed by atoms with Crippen molar-refractivity contribution in [2.45, 2.75) is 31.3 Å². The maximum atomic E-state index is 13.5. The number of hydrogen-bond donors (Lipinski definition) is 2. The van der Waals surface area contributed by atoms with Crippen LogP contribution < -0.4 is 10.2 Å². The van der Waals surface area contributed by atoms with E-state index >= 15 is 0 Å². The third kappa shape index (κ3) is 5.94. The van der Waals surface area contributed by atoms with Crippen LogP contribution in [0.2, 0.25) is 5.21 Å². The maximum absolute atomic E-state index is 13.5. The summed E-state index contributed by atoms with van der Waals surface area (Å²) < 4.78 is 39.3. The van der Waals surface area contributed by atoms with E-state index in [9.17, 15) is 32.7 Å². The van der Waals surface area contributed by atoms with E-state index in [0.29, 0.717) is 11.3 Å². The average molecular weight is 511 g/mol. The molecule has 1 fully saturated rings. The number of carbonyl (C=O) groups is 3. The number of aliphatic carboxylic acids is 1. The number of hydrogen-bond acceptors (Lipinski definition) is 4. The summed E-state index contributed by atoms with van der Waals surface area (Å²) in [6.07, 6.45) is -4.47. The molecule has 37 heavy (non-hydrogen) atoms. The average Bonchev–Trinajstić information content (AvgIpc) is 2.86. The van der Waals surface area contributed by atoms with Gasteiger partial charge in [-0.3, -0.25) is 14.4 Å². The van der Waals surface area contributed by atoms with E-state index in [0.717, 1.165) is 12.1 Å². The first kappa shape index (κ1) is 28.1. The molecule has 0 saturated carbocycles. The number of nitrogens with zero attached hydrogens (tertiary/aromatic N) is 2. The molecule has 0 spiro atoms. The molecule has 1 saturated heterocycles. The SMILES string of the molecule is [B]C([B])(C(=O)NC(C(=O)N1CCN(c2cccc(C(F)(F)F)c2)CC1)c1ccccc1)C(C)(C)C(=O)O. The van der Waals surface area contributed by atoms with E-state index in [-0.39, 0.29) is 26.2 Å². The van der Waals surface area contributed by atoms with Crippen molar-refractivity contribution < 1.29 is 32.7 Å². The molecule has 1 heterocycles. The quantitative estimate of drug-likeness (QED) is 0.559. The fourth-order valence-electron chi connectivity index (χ4n) is 3.89. The standard InChI is InChI=1S/C25H26B2F3N3O4/c1-23(2,22(36)37)24(26,27)21(35)31-19(16-7-4-3-5-8-16)20(34)33-13-11-32(12-14-33)18-10-6-9-17(15-18)25(28,29)30/h3-10,15,19H,11-14H2,1-2H3,(H,31,35)(H,36,37). The normalized spacial score (nSPS) is 15.7. The van der Waals surface area contributed by atoms with Crippen LogP contribution in [0, 0.1) is 5.41 Å². The highest BCUT2D eigenvalue weighted by Crippen LogP contribution is 2.41. The van der Waals surface area contributed by atoms with E-state index in [1.54, 1.807) is 41.3 Å². The zero-order chi connectivity index (χ0) is 27.6. The van der Waals surface area contributed by atoms with Crippen LogP contribution in [0.5, 0.6) is 0 Å². The molecule has 12 heteroatoms. The minimum Gasteiger partial charge on any atom is -0.481 e. The van der Waals surface area contributed by atoms with E-state index in [1.807, 2.05) is 0 Å². The molecule has 2 aromatic carbocycles. The zero-order valence-electron chi connectivity index (χ0n) is 20.5. The van der Waals surface area contributed by atoms with Crippen LogP contribution in [-0.4, -0.2) is 69.7 Å². The van der Waals surface area contributed by atoms with E-state index in [1.165, 1.54) is 24.8 Å². The van der Waals surface area contributed by atoms with Crippen molar-refractivity contribution in [3.63, 3.8) is 0 Å². The molecule has 2 N–H and O–H groups in total. The van der Waals surface area contributed by atoms with Crippen LogP contribution in [0.3, 0.4) is 0 Å². The Balaban J connectivity index is 1.78. The summed E-state index contributed by atoms with van der Waals surface area (Å²) in [4.78, 5) is 41.4. The molecule has 3 rings (SSSR count). The Bertz CT molecular complexity index is 1150. The lowest BCUT2D eigenvalue weighted by molar-refractivity contribution is -0.151. The van der Waals surface area contributed by atoms with Gasteiger partial charge in [0.05, 0.1) is 26.7 Å². The van der Waals surface area contributed by atoms with Crippen molar-refractivity contribution in [2.24, 2.45) is 5.41 Å². The van der Waals surface area contributed by atoms with Crippen LogP contribution >= 0.6 is 0 Å². The number of benzene rings is 2. The van der Waals surface area contributed by atoms with Crippen molar-refractivity contribution in [2.75, 3.05) is 31.1 Å². The number of halogens is 3. The van der Waals surface area contributed by atoms with Gasteiger partial charge in [-0.2, -0.15) is 13.2 Å². The molecular weight excluding hydrogens is 485 g/mol. The minimum absolute atomic E-state index is 0.186. The van der Waals surface area contributed by atoms with Gasteiger partial charge in [0.2, 0.25) is 11.8 Å². The molecule has 1 aliphatic rings. The second kappa shape index (κ2) is 10.5. The highest BCUT2D eigenvalue weighted by molar-refractivity contribution is 6.52. The van der Waals surface area contributed by atoms with Gasteiger partial charge in [-0.25, -0.2) is 0 Å².